The van der Waals surface area contributed by atoms with Gasteiger partial charge in [0.25, 0.3) is 0 Å². The third-order valence-electron chi connectivity index (χ3n) is 5.75. The molecule has 5 heterocycles. The molecule has 0 amide bonds. The molecule has 4 aromatic heterocycles. The first-order chi connectivity index (χ1) is 15.4. The molecule has 32 heavy (non-hydrogen) atoms. The van der Waals surface area contributed by atoms with Crippen LogP contribution in [0.2, 0.25) is 0 Å². The molecule has 9 nitrogen and oxygen atoms in total. The molecular weight excluding hydrogens is 404 g/mol. The fourth-order valence-corrected chi connectivity index (χ4v) is 4.30. The van der Waals surface area contributed by atoms with Crippen LogP contribution in [0.4, 0.5) is 11.6 Å². The maximum atomic E-state index is 6.17. The van der Waals surface area contributed by atoms with Crippen LogP contribution in [0.25, 0.3) is 16.8 Å². The lowest BCUT2D eigenvalue weighted by Crippen LogP contribution is -2.28. The van der Waals surface area contributed by atoms with Gasteiger partial charge in [-0.05, 0) is 44.9 Å². The van der Waals surface area contributed by atoms with Gasteiger partial charge in [-0.2, -0.15) is 10.2 Å². The van der Waals surface area contributed by atoms with Gasteiger partial charge in [-0.3, -0.25) is 4.68 Å². The summed E-state index contributed by atoms with van der Waals surface area (Å²) in [5.41, 5.74) is 3.86. The van der Waals surface area contributed by atoms with Crippen LogP contribution < -0.4 is 15.4 Å². The quantitative estimate of drug-likeness (QED) is 0.483. The van der Waals surface area contributed by atoms with E-state index in [1.165, 1.54) is 0 Å². The van der Waals surface area contributed by atoms with Crippen LogP contribution in [0.1, 0.15) is 24.9 Å². The first kappa shape index (κ1) is 20.4. The Bertz CT molecular complexity index is 1240. The zero-order valence-corrected chi connectivity index (χ0v) is 18.8. The van der Waals surface area contributed by atoms with Crippen LogP contribution in [-0.4, -0.2) is 48.6 Å². The molecule has 1 aliphatic heterocycles. The highest BCUT2D eigenvalue weighted by Crippen LogP contribution is 2.31. The van der Waals surface area contributed by atoms with Crippen molar-refractivity contribution in [3.63, 3.8) is 0 Å². The Morgan fingerprint density at radius 3 is 2.84 bits per heavy atom. The monoisotopic (exact) mass is 432 g/mol. The maximum Gasteiger partial charge on any atom is 0.165 e. The van der Waals surface area contributed by atoms with Crippen molar-refractivity contribution in [2.45, 2.75) is 33.2 Å². The van der Waals surface area contributed by atoms with Gasteiger partial charge in [0, 0.05) is 42.7 Å². The van der Waals surface area contributed by atoms with Crippen molar-refractivity contribution in [1.29, 1.82) is 0 Å². The van der Waals surface area contributed by atoms with Crippen molar-refractivity contribution >= 4 is 17.2 Å². The van der Waals surface area contributed by atoms with Crippen LogP contribution in [0.15, 0.2) is 36.7 Å². The van der Waals surface area contributed by atoms with E-state index >= 15 is 0 Å². The number of hydrogen-bond acceptors (Lipinski definition) is 7. The summed E-state index contributed by atoms with van der Waals surface area (Å²) in [6.07, 6.45) is 4.88. The van der Waals surface area contributed by atoms with E-state index in [-0.39, 0.29) is 0 Å². The van der Waals surface area contributed by atoms with E-state index in [1.807, 2.05) is 54.5 Å². The molecule has 166 valence electrons. The molecular formula is C23H28N8O. The minimum Gasteiger partial charge on any atom is -0.488 e. The van der Waals surface area contributed by atoms with E-state index in [2.05, 4.69) is 43.8 Å². The van der Waals surface area contributed by atoms with Gasteiger partial charge < -0.3 is 15.4 Å². The second kappa shape index (κ2) is 8.23. The van der Waals surface area contributed by atoms with Gasteiger partial charge >= 0.3 is 0 Å². The van der Waals surface area contributed by atoms with Gasteiger partial charge in [0.05, 0.1) is 11.7 Å². The van der Waals surface area contributed by atoms with E-state index in [0.29, 0.717) is 18.6 Å². The zero-order chi connectivity index (χ0) is 22.2. The normalized spacial score (nSPS) is 18.4. The highest BCUT2D eigenvalue weighted by Gasteiger charge is 2.22. The number of ether oxygens (including phenoxy) is 1. The number of pyridine rings is 1. The lowest BCUT2D eigenvalue weighted by molar-refractivity contribution is 0.276. The second-order valence-corrected chi connectivity index (χ2v) is 8.62. The maximum absolute atomic E-state index is 6.17. The number of aryl methyl sites for hydroxylation is 3. The standard InChI is InChI=1S/C23H28N8O/c1-14-7-18(24-11-14)13-32-20-12-25-30(4)23(20)17-5-6-31-19(9-17)10-22(29-31)28-21-8-15(2)26-16(3)27-21/h5-6,8-10,12,14,18,24H,7,11,13H2,1-4H3,(H,26,27,28,29)/t14-,18+/m0/s1. The second-order valence-electron chi connectivity index (χ2n) is 8.62. The van der Waals surface area contributed by atoms with Gasteiger partial charge in [0.1, 0.15) is 23.9 Å². The number of anilines is 2. The number of hydrogen-bond donors (Lipinski definition) is 2. The molecule has 2 N–H and O–H groups in total. The van der Waals surface area contributed by atoms with E-state index in [9.17, 15) is 0 Å². The molecule has 1 fully saturated rings. The lowest BCUT2D eigenvalue weighted by Gasteiger charge is -2.13. The van der Waals surface area contributed by atoms with Gasteiger partial charge in [-0.25, -0.2) is 14.5 Å². The highest BCUT2D eigenvalue weighted by molar-refractivity contribution is 5.72. The van der Waals surface area contributed by atoms with Crippen LogP contribution >= 0.6 is 0 Å². The summed E-state index contributed by atoms with van der Waals surface area (Å²) >= 11 is 0. The Morgan fingerprint density at radius 2 is 2.06 bits per heavy atom. The van der Waals surface area contributed by atoms with Crippen LogP contribution in [0, 0.1) is 19.8 Å². The predicted molar refractivity (Wildman–Crippen MR) is 123 cm³/mol. The summed E-state index contributed by atoms with van der Waals surface area (Å²) in [5.74, 6) is 3.67. The molecule has 0 spiro atoms. The van der Waals surface area contributed by atoms with Crippen molar-refractivity contribution in [2.75, 3.05) is 18.5 Å². The number of nitrogens with one attached hydrogen (secondary N) is 2. The Labute approximate surface area is 186 Å². The van der Waals surface area contributed by atoms with Crippen molar-refractivity contribution < 1.29 is 4.74 Å². The Hall–Kier alpha value is -3.46. The van der Waals surface area contributed by atoms with Gasteiger partial charge in [-0.15, -0.1) is 0 Å². The molecule has 0 unspecified atom stereocenters. The molecule has 0 bridgehead atoms. The smallest absolute Gasteiger partial charge is 0.165 e. The molecule has 0 saturated carbocycles. The Kier molecular flexibility index (Phi) is 5.26. The summed E-state index contributed by atoms with van der Waals surface area (Å²) in [5, 5.41) is 15.8. The number of fused-ring (bicyclic) bond motifs is 1. The van der Waals surface area contributed by atoms with Gasteiger partial charge in [0.15, 0.2) is 11.6 Å². The molecule has 2 atom stereocenters. The number of aromatic nitrogens is 6. The fourth-order valence-electron chi connectivity index (χ4n) is 4.30. The SMILES string of the molecule is Cc1cc(Nc2cc3cc(-c4c(OC[C@H]5C[C@H](C)CN5)cnn4C)ccn3n2)nc(C)n1. The third-order valence-corrected chi connectivity index (χ3v) is 5.75. The molecule has 9 heteroatoms. The third kappa shape index (κ3) is 4.16. The van der Waals surface area contributed by atoms with Crippen LogP contribution in [0.3, 0.4) is 0 Å². The molecule has 0 radical (unpaired) electrons. The highest BCUT2D eigenvalue weighted by atomic mass is 16.5. The van der Waals surface area contributed by atoms with Crippen molar-refractivity contribution in [3.05, 3.63) is 48.2 Å². The largest absolute Gasteiger partial charge is 0.488 e. The van der Waals surface area contributed by atoms with E-state index in [4.69, 9.17) is 4.74 Å². The molecule has 1 saturated heterocycles. The zero-order valence-electron chi connectivity index (χ0n) is 18.8. The molecule has 5 rings (SSSR count). The van der Waals surface area contributed by atoms with Crippen LogP contribution in [0.5, 0.6) is 5.75 Å². The van der Waals surface area contributed by atoms with Gasteiger partial charge in [0.2, 0.25) is 0 Å². The van der Waals surface area contributed by atoms with Crippen LogP contribution in [-0.2, 0) is 7.05 Å². The molecule has 0 aromatic carbocycles. The lowest BCUT2D eigenvalue weighted by atomic mass is 10.1. The molecule has 0 aliphatic carbocycles. The average Bonchev–Trinajstić information content (AvgIpc) is 3.43. The number of rotatable bonds is 6. The predicted octanol–water partition coefficient (Wildman–Crippen LogP) is 3.26. The molecule has 1 aliphatic rings. The van der Waals surface area contributed by atoms with Crippen molar-refractivity contribution in [3.8, 4) is 17.0 Å². The summed E-state index contributed by atoms with van der Waals surface area (Å²) < 4.78 is 9.86. The van der Waals surface area contributed by atoms with E-state index < -0.39 is 0 Å². The number of nitrogens with zero attached hydrogens (tertiary/aromatic N) is 6. The first-order valence-corrected chi connectivity index (χ1v) is 10.9. The Balaban J connectivity index is 1.38. The average molecular weight is 433 g/mol. The Morgan fingerprint density at radius 1 is 1.19 bits per heavy atom. The fraction of sp³-hybridized carbons (Fsp3) is 0.391. The van der Waals surface area contributed by atoms with E-state index in [0.717, 1.165) is 58.6 Å². The van der Waals surface area contributed by atoms with Crippen molar-refractivity contribution in [1.82, 2.24) is 34.7 Å². The van der Waals surface area contributed by atoms with Gasteiger partial charge in [-0.1, -0.05) is 6.92 Å². The topological polar surface area (TPSA) is 94.2 Å². The minimum absolute atomic E-state index is 0.387. The summed E-state index contributed by atoms with van der Waals surface area (Å²) in [6.45, 7) is 7.79. The summed E-state index contributed by atoms with van der Waals surface area (Å²) in [7, 11) is 1.94. The van der Waals surface area contributed by atoms with Crippen molar-refractivity contribution in [2.24, 2.45) is 13.0 Å². The first-order valence-electron chi connectivity index (χ1n) is 10.9. The minimum atomic E-state index is 0.387. The summed E-state index contributed by atoms with van der Waals surface area (Å²) in [6, 6.07) is 8.41. The van der Waals surface area contributed by atoms with E-state index in [1.54, 1.807) is 6.20 Å². The molecule has 4 aromatic rings. The summed E-state index contributed by atoms with van der Waals surface area (Å²) in [4.78, 5) is 8.75.